The summed E-state index contributed by atoms with van der Waals surface area (Å²) in [6.07, 6.45) is 1.76. The van der Waals surface area contributed by atoms with Gasteiger partial charge < -0.3 is 15.5 Å². The molecular weight excluding hydrogens is 254 g/mol. The van der Waals surface area contributed by atoms with Gasteiger partial charge in [-0.15, -0.1) is 0 Å². The number of aliphatic hydroxyl groups excluding tert-OH is 1. The molecule has 0 saturated heterocycles. The van der Waals surface area contributed by atoms with Crippen LogP contribution in [0.1, 0.15) is 30.1 Å². The number of hydrogen-bond donors (Lipinski definition) is 3. The smallest absolute Gasteiger partial charge is 0.339 e. The summed E-state index contributed by atoms with van der Waals surface area (Å²) in [6.45, 7) is 2.81. The summed E-state index contributed by atoms with van der Waals surface area (Å²) in [6, 6.07) is 4.97. The number of carboxylic acids is 1. The second kappa shape index (κ2) is 7.24. The van der Waals surface area contributed by atoms with Gasteiger partial charge in [-0.1, -0.05) is 24.6 Å². The van der Waals surface area contributed by atoms with Crippen molar-refractivity contribution in [3.8, 4) is 0 Å². The molecule has 0 amide bonds. The van der Waals surface area contributed by atoms with E-state index in [1.165, 1.54) is 0 Å². The zero-order valence-corrected chi connectivity index (χ0v) is 11.1. The van der Waals surface area contributed by atoms with E-state index < -0.39 is 5.97 Å². The number of rotatable bonds is 7. The fourth-order valence-corrected chi connectivity index (χ4v) is 1.91. The maximum absolute atomic E-state index is 11.1. The van der Waals surface area contributed by atoms with Gasteiger partial charge in [0.25, 0.3) is 0 Å². The average Bonchev–Trinajstić information content (AvgIpc) is 2.33. The first kappa shape index (κ1) is 14.8. The Morgan fingerprint density at radius 1 is 1.50 bits per heavy atom. The van der Waals surface area contributed by atoms with Gasteiger partial charge in [-0.2, -0.15) is 0 Å². The highest BCUT2D eigenvalue weighted by atomic mass is 35.5. The van der Waals surface area contributed by atoms with Crippen molar-refractivity contribution in [2.75, 3.05) is 18.5 Å². The van der Waals surface area contributed by atoms with Crippen molar-refractivity contribution < 1.29 is 15.0 Å². The first-order valence-corrected chi connectivity index (χ1v) is 6.30. The van der Waals surface area contributed by atoms with Crippen LogP contribution in [0.4, 0.5) is 5.69 Å². The predicted octanol–water partition coefficient (Wildman–Crippen LogP) is 2.86. The summed E-state index contributed by atoms with van der Waals surface area (Å²) < 4.78 is 0. The highest BCUT2D eigenvalue weighted by molar-refractivity contribution is 6.34. The van der Waals surface area contributed by atoms with Gasteiger partial charge in [0.1, 0.15) is 5.56 Å². The van der Waals surface area contributed by atoms with Crippen molar-refractivity contribution in [2.45, 2.75) is 19.8 Å². The third-order valence-electron chi connectivity index (χ3n) is 2.73. The molecule has 1 aromatic rings. The lowest BCUT2D eigenvalue weighted by Crippen LogP contribution is -2.10. The molecule has 0 aromatic heterocycles. The minimum atomic E-state index is -1.04. The molecule has 0 radical (unpaired) electrons. The summed E-state index contributed by atoms with van der Waals surface area (Å²) in [5, 5.41) is 21.3. The topological polar surface area (TPSA) is 69.6 Å². The van der Waals surface area contributed by atoms with Gasteiger partial charge in [0.05, 0.1) is 10.7 Å². The van der Waals surface area contributed by atoms with Crippen LogP contribution in [0.3, 0.4) is 0 Å². The minimum absolute atomic E-state index is 0.106. The Kier molecular flexibility index (Phi) is 5.95. The Labute approximate surface area is 112 Å². The van der Waals surface area contributed by atoms with E-state index >= 15 is 0 Å². The molecule has 0 heterocycles. The van der Waals surface area contributed by atoms with Gasteiger partial charge in [-0.25, -0.2) is 4.79 Å². The summed E-state index contributed by atoms with van der Waals surface area (Å²) in [5.74, 6) is -0.767. The lowest BCUT2D eigenvalue weighted by atomic mass is 10.1. The van der Waals surface area contributed by atoms with Crippen LogP contribution in [-0.2, 0) is 0 Å². The maximum Gasteiger partial charge on any atom is 0.339 e. The molecular formula is C13H18ClNO3. The zero-order chi connectivity index (χ0) is 13.5. The number of aromatic carboxylic acids is 1. The summed E-state index contributed by atoms with van der Waals surface area (Å²) >= 11 is 5.86. The van der Waals surface area contributed by atoms with Crippen LogP contribution in [0.15, 0.2) is 18.2 Å². The van der Waals surface area contributed by atoms with E-state index in [9.17, 15) is 4.79 Å². The van der Waals surface area contributed by atoms with Crippen LogP contribution in [0.5, 0.6) is 0 Å². The molecule has 18 heavy (non-hydrogen) atoms. The SMILES string of the molecule is CC(CO)CCCNc1cccc(Cl)c1C(=O)O. The summed E-state index contributed by atoms with van der Waals surface area (Å²) in [4.78, 5) is 11.1. The molecule has 1 rings (SSSR count). The van der Waals surface area contributed by atoms with Gasteiger partial charge >= 0.3 is 5.97 Å². The standard InChI is InChI=1S/C13H18ClNO3/c1-9(8-16)4-3-7-15-11-6-2-5-10(14)12(11)13(17)18/h2,5-6,9,15-16H,3-4,7-8H2,1H3,(H,17,18). The molecule has 0 spiro atoms. The molecule has 0 aliphatic heterocycles. The van der Waals surface area contributed by atoms with E-state index in [1.807, 2.05) is 6.92 Å². The highest BCUT2D eigenvalue weighted by Crippen LogP contribution is 2.24. The number of halogens is 1. The molecule has 1 unspecified atom stereocenters. The Morgan fingerprint density at radius 3 is 2.83 bits per heavy atom. The Hall–Kier alpha value is -1.26. The van der Waals surface area contributed by atoms with Crippen LogP contribution >= 0.6 is 11.6 Å². The molecule has 0 bridgehead atoms. The van der Waals surface area contributed by atoms with Crippen molar-refractivity contribution in [2.24, 2.45) is 5.92 Å². The normalized spacial score (nSPS) is 12.2. The van der Waals surface area contributed by atoms with Gasteiger partial charge in [0, 0.05) is 13.2 Å². The molecule has 1 atom stereocenters. The van der Waals surface area contributed by atoms with Crippen molar-refractivity contribution >= 4 is 23.3 Å². The largest absolute Gasteiger partial charge is 0.478 e. The van der Waals surface area contributed by atoms with E-state index in [0.29, 0.717) is 12.2 Å². The third kappa shape index (κ3) is 4.20. The lowest BCUT2D eigenvalue weighted by molar-refractivity contribution is 0.0698. The van der Waals surface area contributed by atoms with Crippen LogP contribution < -0.4 is 5.32 Å². The van der Waals surface area contributed by atoms with Crippen molar-refractivity contribution in [3.05, 3.63) is 28.8 Å². The van der Waals surface area contributed by atoms with Crippen molar-refractivity contribution in [1.82, 2.24) is 0 Å². The average molecular weight is 272 g/mol. The summed E-state index contributed by atoms with van der Waals surface area (Å²) in [7, 11) is 0. The molecule has 5 heteroatoms. The molecule has 100 valence electrons. The first-order valence-electron chi connectivity index (χ1n) is 5.92. The Bertz CT molecular complexity index is 409. The lowest BCUT2D eigenvalue weighted by Gasteiger charge is -2.12. The van der Waals surface area contributed by atoms with Gasteiger partial charge in [-0.3, -0.25) is 0 Å². The molecule has 0 saturated carbocycles. The molecule has 0 aliphatic carbocycles. The molecule has 0 fully saturated rings. The minimum Gasteiger partial charge on any atom is -0.478 e. The van der Waals surface area contributed by atoms with Crippen molar-refractivity contribution in [1.29, 1.82) is 0 Å². The number of nitrogens with one attached hydrogen (secondary N) is 1. The van der Waals surface area contributed by atoms with Crippen LogP contribution in [-0.4, -0.2) is 29.3 Å². The van der Waals surface area contributed by atoms with Crippen LogP contribution in [0, 0.1) is 5.92 Å². The second-order valence-electron chi connectivity index (χ2n) is 4.32. The number of benzene rings is 1. The Morgan fingerprint density at radius 2 is 2.22 bits per heavy atom. The van der Waals surface area contributed by atoms with Crippen LogP contribution in [0.2, 0.25) is 5.02 Å². The number of carboxylic acid groups (broad SMARTS) is 1. The Balaban J connectivity index is 2.57. The van der Waals surface area contributed by atoms with Crippen molar-refractivity contribution in [3.63, 3.8) is 0 Å². The van der Waals surface area contributed by atoms with E-state index in [2.05, 4.69) is 5.32 Å². The first-order chi connectivity index (χ1) is 8.56. The van der Waals surface area contributed by atoms with Gasteiger partial charge in [-0.05, 0) is 30.9 Å². The highest BCUT2D eigenvalue weighted by Gasteiger charge is 2.13. The monoisotopic (exact) mass is 271 g/mol. The molecule has 0 aliphatic rings. The molecule has 1 aromatic carbocycles. The molecule has 3 N–H and O–H groups in total. The molecule has 4 nitrogen and oxygen atoms in total. The number of hydrogen-bond acceptors (Lipinski definition) is 3. The van der Waals surface area contributed by atoms with Gasteiger partial charge in [0.2, 0.25) is 0 Å². The predicted molar refractivity (Wildman–Crippen MR) is 72.4 cm³/mol. The quantitative estimate of drug-likeness (QED) is 0.667. The number of aliphatic hydroxyl groups is 1. The fourth-order valence-electron chi connectivity index (χ4n) is 1.65. The van der Waals surface area contributed by atoms with E-state index in [4.69, 9.17) is 21.8 Å². The number of carbonyl (C=O) groups is 1. The zero-order valence-electron chi connectivity index (χ0n) is 10.3. The third-order valence-corrected chi connectivity index (χ3v) is 3.04. The van der Waals surface area contributed by atoms with E-state index in [0.717, 1.165) is 12.8 Å². The van der Waals surface area contributed by atoms with Gasteiger partial charge in [0.15, 0.2) is 0 Å². The van der Waals surface area contributed by atoms with Crippen LogP contribution in [0.25, 0.3) is 0 Å². The maximum atomic E-state index is 11.1. The van der Waals surface area contributed by atoms with E-state index in [-0.39, 0.29) is 23.1 Å². The summed E-state index contributed by atoms with van der Waals surface area (Å²) in [5.41, 5.74) is 0.640. The second-order valence-corrected chi connectivity index (χ2v) is 4.73. The number of anilines is 1. The van der Waals surface area contributed by atoms with E-state index in [1.54, 1.807) is 18.2 Å². The fraction of sp³-hybridized carbons (Fsp3) is 0.462.